The van der Waals surface area contributed by atoms with E-state index in [0.29, 0.717) is 27.8 Å². The lowest BCUT2D eigenvalue weighted by Crippen LogP contribution is -2.29. The van der Waals surface area contributed by atoms with E-state index in [9.17, 15) is 9.18 Å². The fourth-order valence-corrected chi connectivity index (χ4v) is 4.95. The molecule has 0 spiro atoms. The third kappa shape index (κ3) is 4.25. The Kier molecular flexibility index (Phi) is 5.44. The summed E-state index contributed by atoms with van der Waals surface area (Å²) in [5.74, 6) is 0.434. The van der Waals surface area contributed by atoms with Gasteiger partial charge in [0, 0.05) is 22.5 Å². The van der Waals surface area contributed by atoms with Crippen molar-refractivity contribution in [2.45, 2.75) is 42.5 Å². The van der Waals surface area contributed by atoms with Crippen LogP contribution in [0, 0.1) is 5.82 Å². The summed E-state index contributed by atoms with van der Waals surface area (Å²) in [5, 5.41) is 6.87. The standard InChI is InChI=1S/C26H24FN3O2S/c1-26(2,24(31)32-3)33-25-29-22-14-16(27)10-11-20(22)23(30-25)28-21-13-12-17(15-8-9-15)18-6-4-5-7-19(18)21/h4-7,10-15H,8-9H2,1-3H3,(H,28,29,30). The average molecular weight is 462 g/mol. The molecule has 5 rings (SSSR count). The number of rotatable bonds is 6. The molecule has 0 atom stereocenters. The number of methoxy groups -OCH3 is 1. The van der Waals surface area contributed by atoms with Gasteiger partial charge in [0.05, 0.1) is 12.6 Å². The van der Waals surface area contributed by atoms with Crippen molar-refractivity contribution in [1.82, 2.24) is 9.97 Å². The highest BCUT2D eigenvalue weighted by atomic mass is 32.2. The number of esters is 1. The summed E-state index contributed by atoms with van der Waals surface area (Å²) in [6.07, 6.45) is 2.46. The number of carbonyl (C=O) groups excluding carboxylic acids is 1. The monoisotopic (exact) mass is 461 g/mol. The van der Waals surface area contributed by atoms with Gasteiger partial charge in [-0.25, -0.2) is 14.4 Å². The molecule has 1 N–H and O–H groups in total. The number of hydrogen-bond acceptors (Lipinski definition) is 6. The van der Waals surface area contributed by atoms with E-state index in [4.69, 9.17) is 9.72 Å². The predicted octanol–water partition coefficient (Wildman–Crippen LogP) is 6.59. The van der Waals surface area contributed by atoms with Crippen LogP contribution < -0.4 is 5.32 Å². The first-order valence-electron chi connectivity index (χ1n) is 10.9. The van der Waals surface area contributed by atoms with Gasteiger partial charge in [-0.1, -0.05) is 42.1 Å². The number of aromatic nitrogens is 2. The third-order valence-corrected chi connectivity index (χ3v) is 6.93. The summed E-state index contributed by atoms with van der Waals surface area (Å²) in [6, 6.07) is 17.1. The number of anilines is 2. The van der Waals surface area contributed by atoms with Crippen molar-refractivity contribution in [3.63, 3.8) is 0 Å². The van der Waals surface area contributed by atoms with Crippen LogP contribution in [0.2, 0.25) is 0 Å². The number of hydrogen-bond donors (Lipinski definition) is 1. The first-order chi connectivity index (χ1) is 15.9. The Labute approximate surface area is 195 Å². The van der Waals surface area contributed by atoms with E-state index in [1.54, 1.807) is 19.9 Å². The molecule has 1 aromatic heterocycles. The molecule has 1 aliphatic carbocycles. The average Bonchev–Trinajstić information content (AvgIpc) is 3.63. The van der Waals surface area contributed by atoms with Gasteiger partial charge in [-0.15, -0.1) is 0 Å². The highest BCUT2D eigenvalue weighted by Crippen LogP contribution is 2.45. The maximum atomic E-state index is 14.0. The van der Waals surface area contributed by atoms with Gasteiger partial charge in [0.2, 0.25) is 0 Å². The van der Waals surface area contributed by atoms with Crippen LogP contribution in [0.5, 0.6) is 0 Å². The number of thioether (sulfide) groups is 1. The first-order valence-corrected chi connectivity index (χ1v) is 11.7. The molecule has 1 heterocycles. The second kappa shape index (κ2) is 8.30. The molecule has 0 radical (unpaired) electrons. The number of fused-ring (bicyclic) bond motifs is 2. The van der Waals surface area contributed by atoms with Crippen molar-refractivity contribution in [3.8, 4) is 0 Å². The zero-order chi connectivity index (χ0) is 23.2. The van der Waals surface area contributed by atoms with E-state index in [2.05, 4.69) is 40.6 Å². The van der Waals surface area contributed by atoms with Gasteiger partial charge in [0.15, 0.2) is 5.16 Å². The smallest absolute Gasteiger partial charge is 0.321 e. The molecule has 0 saturated heterocycles. The zero-order valence-corrected chi connectivity index (χ0v) is 19.5. The molecule has 0 unspecified atom stereocenters. The molecular formula is C26H24FN3O2S. The van der Waals surface area contributed by atoms with Crippen LogP contribution in [0.1, 0.15) is 38.2 Å². The molecule has 3 aromatic carbocycles. The van der Waals surface area contributed by atoms with Gasteiger partial charge in [-0.3, -0.25) is 4.79 Å². The minimum absolute atomic E-state index is 0.366. The summed E-state index contributed by atoms with van der Waals surface area (Å²) in [5.41, 5.74) is 2.76. The number of halogens is 1. The maximum absolute atomic E-state index is 14.0. The summed E-state index contributed by atoms with van der Waals surface area (Å²) >= 11 is 1.18. The molecule has 7 heteroatoms. The van der Waals surface area contributed by atoms with Crippen LogP contribution >= 0.6 is 11.8 Å². The Morgan fingerprint density at radius 3 is 2.55 bits per heavy atom. The quantitative estimate of drug-likeness (QED) is 0.199. The fourth-order valence-electron chi connectivity index (χ4n) is 4.05. The van der Waals surface area contributed by atoms with Crippen LogP contribution in [0.25, 0.3) is 21.7 Å². The van der Waals surface area contributed by atoms with E-state index in [1.165, 1.54) is 54.8 Å². The van der Waals surface area contributed by atoms with Crippen molar-refractivity contribution >= 4 is 50.9 Å². The topological polar surface area (TPSA) is 64.1 Å². The SMILES string of the molecule is COC(=O)C(C)(C)Sc1nc(Nc2ccc(C3CC3)c3ccccc23)c2ccc(F)cc2n1. The summed E-state index contributed by atoms with van der Waals surface area (Å²) in [7, 11) is 1.35. The number of benzene rings is 3. The van der Waals surface area contributed by atoms with Crippen LogP contribution in [0.4, 0.5) is 15.9 Å². The molecule has 4 aromatic rings. The largest absolute Gasteiger partial charge is 0.468 e. The van der Waals surface area contributed by atoms with Crippen LogP contribution in [-0.4, -0.2) is 27.8 Å². The van der Waals surface area contributed by atoms with Gasteiger partial charge < -0.3 is 10.1 Å². The van der Waals surface area contributed by atoms with Gasteiger partial charge in [0.1, 0.15) is 16.4 Å². The molecule has 1 fully saturated rings. The number of nitrogens with one attached hydrogen (secondary N) is 1. The van der Waals surface area contributed by atoms with Gasteiger partial charge in [-0.05, 0) is 61.8 Å². The van der Waals surface area contributed by atoms with Crippen molar-refractivity contribution < 1.29 is 13.9 Å². The van der Waals surface area contributed by atoms with E-state index >= 15 is 0 Å². The summed E-state index contributed by atoms with van der Waals surface area (Å²) in [4.78, 5) is 21.4. The first kappa shape index (κ1) is 21.6. The van der Waals surface area contributed by atoms with Crippen LogP contribution in [0.15, 0.2) is 59.8 Å². The lowest BCUT2D eigenvalue weighted by molar-refractivity contribution is -0.142. The lowest BCUT2D eigenvalue weighted by atomic mass is 9.99. The highest BCUT2D eigenvalue weighted by Gasteiger charge is 2.32. The van der Waals surface area contributed by atoms with E-state index < -0.39 is 4.75 Å². The Hall–Kier alpha value is -3.19. The van der Waals surface area contributed by atoms with Crippen LogP contribution in [0.3, 0.4) is 0 Å². The Bertz CT molecular complexity index is 1390. The van der Waals surface area contributed by atoms with E-state index in [1.807, 2.05) is 6.07 Å². The van der Waals surface area contributed by atoms with Gasteiger partial charge >= 0.3 is 5.97 Å². The third-order valence-electron chi connectivity index (χ3n) is 5.89. The molecule has 0 aliphatic heterocycles. The van der Waals surface area contributed by atoms with Crippen molar-refractivity contribution in [2.75, 3.05) is 12.4 Å². The number of carbonyl (C=O) groups is 1. The van der Waals surface area contributed by atoms with E-state index in [0.717, 1.165) is 11.1 Å². The van der Waals surface area contributed by atoms with Crippen molar-refractivity contribution in [3.05, 3.63) is 66.0 Å². The lowest BCUT2D eigenvalue weighted by Gasteiger charge is -2.20. The van der Waals surface area contributed by atoms with Crippen molar-refractivity contribution in [1.29, 1.82) is 0 Å². The Morgan fingerprint density at radius 2 is 1.82 bits per heavy atom. The fraction of sp³-hybridized carbons (Fsp3) is 0.269. The van der Waals surface area contributed by atoms with Crippen molar-refractivity contribution in [2.24, 2.45) is 0 Å². The summed E-state index contributed by atoms with van der Waals surface area (Å²) < 4.78 is 18.0. The molecule has 168 valence electrons. The van der Waals surface area contributed by atoms with E-state index in [-0.39, 0.29) is 11.8 Å². The molecule has 1 saturated carbocycles. The second-order valence-corrected chi connectivity index (χ2v) is 10.4. The number of nitrogens with zero attached hydrogens (tertiary/aromatic N) is 2. The molecule has 33 heavy (non-hydrogen) atoms. The Morgan fingerprint density at radius 1 is 1.06 bits per heavy atom. The van der Waals surface area contributed by atoms with Crippen LogP contribution in [-0.2, 0) is 9.53 Å². The Balaban J connectivity index is 1.61. The minimum Gasteiger partial charge on any atom is -0.468 e. The molecule has 0 bridgehead atoms. The minimum atomic E-state index is -0.897. The highest BCUT2D eigenvalue weighted by molar-refractivity contribution is 8.01. The molecule has 5 nitrogen and oxygen atoms in total. The molecular weight excluding hydrogens is 437 g/mol. The second-order valence-electron chi connectivity index (χ2n) is 8.77. The molecule has 0 amide bonds. The normalized spacial score (nSPS) is 13.9. The number of ether oxygens (including phenoxy) is 1. The van der Waals surface area contributed by atoms with Gasteiger partial charge in [-0.2, -0.15) is 0 Å². The summed E-state index contributed by atoms with van der Waals surface area (Å²) in [6.45, 7) is 3.50. The zero-order valence-electron chi connectivity index (χ0n) is 18.7. The molecule has 1 aliphatic rings. The predicted molar refractivity (Wildman–Crippen MR) is 131 cm³/mol. The maximum Gasteiger partial charge on any atom is 0.321 e. The van der Waals surface area contributed by atoms with Gasteiger partial charge in [0.25, 0.3) is 0 Å².